The third-order valence-electron chi connectivity index (χ3n) is 20.7. The Labute approximate surface area is 437 Å². The van der Waals surface area contributed by atoms with Gasteiger partial charge in [-0.15, -0.1) is 0 Å². The highest BCUT2D eigenvalue weighted by molar-refractivity contribution is 5.27. The smallest absolute Gasteiger partial charge is 0.198 e. The summed E-state index contributed by atoms with van der Waals surface area (Å²) in [4.78, 5) is 0. The van der Waals surface area contributed by atoms with E-state index in [0.29, 0.717) is 32.1 Å². The molecule has 5 aliphatic heterocycles. The highest BCUT2D eigenvalue weighted by Crippen LogP contribution is 2.78. The number of hydrogen-bond donors (Lipinski definition) is 14. The van der Waals surface area contributed by atoms with Gasteiger partial charge < -0.3 is 114 Å². The molecule has 9 fully saturated rings. The monoisotopic (exact) mass is 1080 g/mol. The fourth-order valence-corrected chi connectivity index (χ4v) is 16.4. The van der Waals surface area contributed by atoms with Gasteiger partial charge in [0.25, 0.3) is 0 Å². The summed E-state index contributed by atoms with van der Waals surface area (Å²) in [5.74, 6) is -2.77. The van der Waals surface area contributed by atoms with Crippen LogP contribution in [0.1, 0.15) is 100 Å². The Balaban J connectivity index is 0.973. The van der Waals surface area contributed by atoms with Crippen molar-refractivity contribution in [2.24, 2.45) is 45.3 Å². The first kappa shape index (κ1) is 58.5. The van der Waals surface area contributed by atoms with Gasteiger partial charge in [-0.1, -0.05) is 46.3 Å². The van der Waals surface area contributed by atoms with E-state index in [1.807, 2.05) is 19.9 Å². The van der Waals surface area contributed by atoms with Gasteiger partial charge in [0.2, 0.25) is 0 Å². The van der Waals surface area contributed by atoms with E-state index in [4.69, 9.17) is 42.6 Å². The topological polar surface area (TPSA) is 366 Å². The number of aliphatic hydroxyl groups is 14. The lowest BCUT2D eigenvalue weighted by molar-refractivity contribution is -0.402. The van der Waals surface area contributed by atoms with E-state index >= 15 is 0 Å². The number of fused-ring (bicyclic) bond motifs is 7. The fourth-order valence-electron chi connectivity index (χ4n) is 16.4. The number of aliphatic hydroxyl groups excluding tert-OH is 11. The summed E-state index contributed by atoms with van der Waals surface area (Å²) in [6.45, 7) is 12.9. The molecule has 0 aromatic heterocycles. The first-order valence-electron chi connectivity index (χ1n) is 26.9. The van der Waals surface area contributed by atoms with Crippen molar-refractivity contribution in [3.63, 3.8) is 0 Å². The first-order valence-corrected chi connectivity index (χ1v) is 26.9. The lowest BCUT2D eigenvalue weighted by Crippen LogP contribution is -2.68. The molecule has 29 atom stereocenters. The Morgan fingerprint density at radius 3 is 1.91 bits per heavy atom. The van der Waals surface area contributed by atoms with E-state index in [9.17, 15) is 71.5 Å². The van der Waals surface area contributed by atoms with Crippen LogP contribution in [0.4, 0.5) is 0 Å². The molecule has 0 spiro atoms. The van der Waals surface area contributed by atoms with Crippen LogP contribution in [0, 0.1) is 45.3 Å². The standard InChI is InChI=1S/C52H86O23/c1-22(2)9-12-30-50(8,64)39-23-10-11-28-47(5)15-14-29(46(3,4)27(47)13-16-48(28,6)49(23,7)45(63)52(39,66)75-30)71-42-37(31(57)24(56)19-67-42)73-43-38(74-41-35(61)34(60)32(58)25(17-53)69-41)36(33(59)26(18-54)70-43)72-44-40(62)51(65,20-55)21-68-44/h9,23-45,53-66H,10-21H2,1-8H3/t23-,24+,25-,26-,27+,28-,29+,30-,31+,32-,33-,34+,35-,36+,37-,38-,39+,40?,41+,42+,43+,44?,45-,47+,48-,49+,50+,51-,52-/m1/s1. The van der Waals surface area contributed by atoms with Crippen LogP contribution in [0.5, 0.6) is 0 Å². The second-order valence-electron chi connectivity index (χ2n) is 25.4. The highest BCUT2D eigenvalue weighted by Gasteiger charge is 2.81. The minimum absolute atomic E-state index is 0.0359. The number of ether oxygens (including phenoxy) is 9. The molecule has 5 saturated heterocycles. The Bertz CT molecular complexity index is 2040. The summed E-state index contributed by atoms with van der Waals surface area (Å²) in [6.07, 6.45) is -24.1. The zero-order chi connectivity index (χ0) is 54.9. The molecule has 5 heterocycles. The van der Waals surface area contributed by atoms with Crippen LogP contribution in [-0.4, -0.2) is 238 Å². The van der Waals surface area contributed by atoms with Crippen molar-refractivity contribution >= 4 is 0 Å². The molecule has 0 bridgehead atoms. The average molecular weight is 1080 g/mol. The predicted octanol–water partition coefficient (Wildman–Crippen LogP) is -2.62. The van der Waals surface area contributed by atoms with Crippen molar-refractivity contribution in [3.05, 3.63) is 11.6 Å². The summed E-state index contributed by atoms with van der Waals surface area (Å²) in [5, 5.41) is 156. The van der Waals surface area contributed by atoms with Crippen molar-refractivity contribution < 1.29 is 114 Å². The quantitative estimate of drug-likeness (QED) is 0.0663. The lowest BCUT2D eigenvalue weighted by atomic mass is 9.35. The number of allylic oxidation sites excluding steroid dienone is 1. The maximum atomic E-state index is 12.5. The van der Waals surface area contributed by atoms with Crippen LogP contribution in [0.15, 0.2) is 11.6 Å². The van der Waals surface area contributed by atoms with Gasteiger partial charge in [0.15, 0.2) is 30.9 Å². The van der Waals surface area contributed by atoms with Gasteiger partial charge in [-0.05, 0) is 99.7 Å². The van der Waals surface area contributed by atoms with Gasteiger partial charge in [-0.2, -0.15) is 0 Å². The Morgan fingerprint density at radius 1 is 0.627 bits per heavy atom. The molecule has 0 radical (unpaired) electrons. The SMILES string of the molecule is CC(C)=CC[C@H]1O[C@]2(O)[C@@H]([C@H]3CC[C@@H]4[C@@]5(C)CC[C@H](O[C@@H]6OC[C@H](O)[C@H](O)[C@H]6O[C@@H]6O[C@H](CO)[C@@H](O)[C@H](OC7OC[C@](O)(CO)C7O)[C@H]6O[C@@H]6O[C@H](CO)[C@@H](O)[C@H](O)[C@H]6O)C(C)(C)[C@@H]5CC[C@@]4(C)[C@]3(C)[C@H]2O)[C@@]1(C)O. The van der Waals surface area contributed by atoms with Gasteiger partial charge in [-0.25, -0.2) is 0 Å². The molecule has 14 N–H and O–H groups in total. The molecule has 9 rings (SSSR count). The van der Waals surface area contributed by atoms with Crippen LogP contribution >= 0.6 is 0 Å². The Kier molecular flexibility index (Phi) is 16.1. The summed E-state index contributed by atoms with van der Waals surface area (Å²) >= 11 is 0. The van der Waals surface area contributed by atoms with Crippen LogP contribution in [0.3, 0.4) is 0 Å². The molecular weight excluding hydrogens is 993 g/mol. The second-order valence-corrected chi connectivity index (χ2v) is 25.4. The van der Waals surface area contributed by atoms with Gasteiger partial charge in [-0.3, -0.25) is 0 Å². The van der Waals surface area contributed by atoms with Gasteiger partial charge >= 0.3 is 0 Å². The molecule has 0 amide bonds. The first-order chi connectivity index (χ1) is 35.0. The van der Waals surface area contributed by atoms with Gasteiger partial charge in [0, 0.05) is 5.41 Å². The molecule has 432 valence electrons. The summed E-state index contributed by atoms with van der Waals surface area (Å²) < 4.78 is 55.3. The molecule has 9 aliphatic rings. The maximum absolute atomic E-state index is 12.5. The zero-order valence-electron chi connectivity index (χ0n) is 44.3. The molecule has 0 aromatic carbocycles. The van der Waals surface area contributed by atoms with E-state index in [1.165, 1.54) is 0 Å². The summed E-state index contributed by atoms with van der Waals surface area (Å²) in [7, 11) is 0. The van der Waals surface area contributed by atoms with E-state index in [0.717, 1.165) is 18.4 Å². The number of rotatable bonds is 13. The van der Waals surface area contributed by atoms with Gasteiger partial charge in [0.1, 0.15) is 85.0 Å². The zero-order valence-corrected chi connectivity index (χ0v) is 44.3. The third-order valence-corrected chi connectivity index (χ3v) is 20.7. The van der Waals surface area contributed by atoms with Crippen LogP contribution in [0.2, 0.25) is 0 Å². The van der Waals surface area contributed by atoms with Crippen molar-refractivity contribution in [2.45, 2.75) is 234 Å². The fraction of sp³-hybridized carbons (Fsp3) is 0.962. The largest absolute Gasteiger partial charge is 0.394 e. The van der Waals surface area contributed by atoms with E-state index < -0.39 is 182 Å². The van der Waals surface area contributed by atoms with Crippen molar-refractivity contribution in [1.82, 2.24) is 0 Å². The molecule has 23 nitrogen and oxygen atoms in total. The minimum Gasteiger partial charge on any atom is -0.394 e. The molecule has 75 heavy (non-hydrogen) atoms. The van der Waals surface area contributed by atoms with E-state index in [-0.39, 0.29) is 29.8 Å². The van der Waals surface area contributed by atoms with Crippen molar-refractivity contribution in [3.8, 4) is 0 Å². The van der Waals surface area contributed by atoms with Crippen molar-refractivity contribution in [2.75, 3.05) is 33.0 Å². The Hall–Kier alpha value is -1.18. The Morgan fingerprint density at radius 2 is 1.27 bits per heavy atom. The summed E-state index contributed by atoms with van der Waals surface area (Å²) in [6, 6.07) is 0. The van der Waals surface area contributed by atoms with Gasteiger partial charge in [0.05, 0.1) is 56.8 Å². The normalized spacial score (nSPS) is 56.4. The molecule has 2 unspecified atom stereocenters. The predicted molar refractivity (Wildman–Crippen MR) is 255 cm³/mol. The number of hydrogen-bond acceptors (Lipinski definition) is 23. The lowest BCUT2D eigenvalue weighted by Gasteiger charge is -2.70. The highest BCUT2D eigenvalue weighted by atomic mass is 16.8. The van der Waals surface area contributed by atoms with E-state index in [2.05, 4.69) is 34.6 Å². The summed E-state index contributed by atoms with van der Waals surface area (Å²) in [5.41, 5.74) is -4.74. The van der Waals surface area contributed by atoms with Crippen molar-refractivity contribution in [1.29, 1.82) is 0 Å². The van der Waals surface area contributed by atoms with E-state index in [1.54, 1.807) is 6.92 Å². The molecule has 4 aliphatic carbocycles. The van der Waals surface area contributed by atoms with Crippen LogP contribution in [-0.2, 0) is 42.6 Å². The second kappa shape index (κ2) is 20.7. The van der Waals surface area contributed by atoms with Crippen LogP contribution < -0.4 is 0 Å². The minimum atomic E-state index is -2.20. The average Bonchev–Trinajstić information content (AvgIpc) is 3.85. The van der Waals surface area contributed by atoms with Crippen LogP contribution in [0.25, 0.3) is 0 Å². The molecule has 23 heteroatoms. The molecule has 0 aromatic rings. The third kappa shape index (κ3) is 9.06. The molecule has 4 saturated carbocycles. The molecular formula is C52H86O23. The maximum Gasteiger partial charge on any atom is 0.198 e.